The molecule has 3 rings (SSSR count). The van der Waals surface area contributed by atoms with Gasteiger partial charge < -0.3 is 5.32 Å². The van der Waals surface area contributed by atoms with E-state index in [0.717, 1.165) is 35.5 Å². The predicted molar refractivity (Wildman–Crippen MR) is 81.3 cm³/mol. The lowest BCUT2D eigenvalue weighted by Gasteiger charge is -2.20. The van der Waals surface area contributed by atoms with E-state index in [4.69, 9.17) is 0 Å². The smallest absolute Gasteiger partial charge is 0.325 e. The molecule has 1 saturated carbocycles. The van der Waals surface area contributed by atoms with Crippen molar-refractivity contribution in [2.45, 2.75) is 31.7 Å². The summed E-state index contributed by atoms with van der Waals surface area (Å²) in [5.74, 6) is -2.27. The summed E-state index contributed by atoms with van der Waals surface area (Å²) < 4.78 is 0. The maximum atomic E-state index is 12.3. The third kappa shape index (κ3) is 2.94. The van der Waals surface area contributed by atoms with Crippen LogP contribution in [0.3, 0.4) is 0 Å². The van der Waals surface area contributed by atoms with E-state index in [1.165, 1.54) is 0 Å². The third-order valence-electron chi connectivity index (χ3n) is 4.13. The number of carbonyl (C=O) groups excluding carboxylic acids is 4. The summed E-state index contributed by atoms with van der Waals surface area (Å²) in [4.78, 5) is 50.1. The highest BCUT2D eigenvalue weighted by molar-refractivity contribution is 6.45. The number of anilines is 1. The van der Waals surface area contributed by atoms with Crippen LogP contribution in [0, 0.1) is 0 Å². The Hall–Kier alpha value is -2.70. The van der Waals surface area contributed by atoms with E-state index in [-0.39, 0.29) is 6.04 Å². The van der Waals surface area contributed by atoms with E-state index in [9.17, 15) is 19.2 Å². The van der Waals surface area contributed by atoms with Crippen molar-refractivity contribution in [1.82, 2.24) is 9.80 Å². The van der Waals surface area contributed by atoms with E-state index in [2.05, 4.69) is 5.32 Å². The zero-order chi connectivity index (χ0) is 16.4. The highest BCUT2D eigenvalue weighted by Gasteiger charge is 2.48. The Balaban J connectivity index is 1.67. The molecule has 1 N–H and O–H groups in total. The van der Waals surface area contributed by atoms with Gasteiger partial charge in [-0.3, -0.25) is 19.3 Å². The summed E-state index contributed by atoms with van der Waals surface area (Å²) in [5.41, 5.74) is 0.565. The van der Waals surface area contributed by atoms with Crippen molar-refractivity contribution in [2.24, 2.45) is 0 Å². The van der Waals surface area contributed by atoms with Crippen LogP contribution in [-0.4, -0.2) is 46.1 Å². The highest BCUT2D eigenvalue weighted by Crippen LogP contribution is 2.27. The van der Waals surface area contributed by atoms with Gasteiger partial charge >= 0.3 is 17.8 Å². The fourth-order valence-corrected chi connectivity index (χ4v) is 3.01. The van der Waals surface area contributed by atoms with Crippen molar-refractivity contribution in [3.63, 3.8) is 0 Å². The van der Waals surface area contributed by atoms with Gasteiger partial charge in [-0.15, -0.1) is 0 Å². The van der Waals surface area contributed by atoms with Gasteiger partial charge in [0.15, 0.2) is 0 Å². The molecule has 7 nitrogen and oxygen atoms in total. The second-order valence-electron chi connectivity index (χ2n) is 5.70. The SMILES string of the molecule is O=C(CN1C(=O)C(=O)N(C2CCCC2)C1=O)Nc1ccccc1. The molecule has 1 aliphatic heterocycles. The van der Waals surface area contributed by atoms with Crippen molar-refractivity contribution in [1.29, 1.82) is 0 Å². The Morgan fingerprint density at radius 3 is 2.35 bits per heavy atom. The number of rotatable bonds is 4. The molecule has 0 unspecified atom stereocenters. The molecule has 2 fully saturated rings. The molecule has 5 amide bonds. The number of hydrogen-bond donors (Lipinski definition) is 1. The van der Waals surface area contributed by atoms with Crippen LogP contribution in [0.25, 0.3) is 0 Å². The number of hydrogen-bond acceptors (Lipinski definition) is 4. The molecule has 0 bridgehead atoms. The van der Waals surface area contributed by atoms with Crippen LogP contribution < -0.4 is 5.32 Å². The first-order chi connectivity index (χ1) is 11.1. The molecule has 0 atom stereocenters. The second kappa shape index (κ2) is 6.20. The standard InChI is InChI=1S/C16H17N3O4/c20-13(17-11-6-2-1-3-7-11)10-18-14(21)15(22)19(16(18)23)12-8-4-5-9-12/h1-3,6-7,12H,4-5,8-10H2,(H,17,20). The maximum absolute atomic E-state index is 12.3. The van der Waals surface area contributed by atoms with Crippen molar-refractivity contribution in [3.05, 3.63) is 30.3 Å². The summed E-state index contributed by atoms with van der Waals surface area (Å²) in [6.45, 7) is -0.457. The van der Waals surface area contributed by atoms with Crippen LogP contribution in [0.4, 0.5) is 10.5 Å². The van der Waals surface area contributed by atoms with Gasteiger partial charge in [0, 0.05) is 11.7 Å². The first-order valence-corrected chi connectivity index (χ1v) is 7.62. The maximum Gasteiger partial charge on any atom is 0.334 e. The highest BCUT2D eigenvalue weighted by atomic mass is 16.2. The number of nitrogens with zero attached hydrogens (tertiary/aromatic N) is 2. The summed E-state index contributed by atoms with van der Waals surface area (Å²) >= 11 is 0. The molecule has 2 aliphatic rings. The van der Waals surface area contributed by atoms with E-state index in [1.54, 1.807) is 30.3 Å². The third-order valence-corrected chi connectivity index (χ3v) is 4.13. The van der Waals surface area contributed by atoms with Crippen LogP contribution in [0.2, 0.25) is 0 Å². The van der Waals surface area contributed by atoms with Gasteiger partial charge in [-0.05, 0) is 25.0 Å². The van der Waals surface area contributed by atoms with Gasteiger partial charge in [0.25, 0.3) is 0 Å². The Bertz CT molecular complexity index is 653. The van der Waals surface area contributed by atoms with Gasteiger partial charge in [-0.25, -0.2) is 9.69 Å². The van der Waals surface area contributed by atoms with Gasteiger partial charge in [-0.1, -0.05) is 31.0 Å². The molecule has 1 saturated heterocycles. The number of nitrogens with one attached hydrogen (secondary N) is 1. The normalized spacial score (nSPS) is 18.9. The molecule has 23 heavy (non-hydrogen) atoms. The molecule has 120 valence electrons. The minimum Gasteiger partial charge on any atom is -0.325 e. The Kier molecular flexibility index (Phi) is 4.10. The van der Waals surface area contributed by atoms with Gasteiger partial charge in [0.05, 0.1) is 0 Å². The Morgan fingerprint density at radius 2 is 1.70 bits per heavy atom. The Morgan fingerprint density at radius 1 is 1.04 bits per heavy atom. The molecule has 1 aliphatic carbocycles. The summed E-state index contributed by atoms with van der Waals surface area (Å²) in [7, 11) is 0. The lowest BCUT2D eigenvalue weighted by Crippen LogP contribution is -2.41. The number of imide groups is 2. The van der Waals surface area contributed by atoms with Crippen molar-refractivity contribution >= 4 is 29.4 Å². The number of urea groups is 1. The van der Waals surface area contributed by atoms with Gasteiger partial charge in [0.2, 0.25) is 5.91 Å². The zero-order valence-electron chi connectivity index (χ0n) is 12.5. The van der Waals surface area contributed by atoms with Crippen LogP contribution in [0.1, 0.15) is 25.7 Å². The Labute approximate surface area is 133 Å². The molecular formula is C16H17N3O4. The first-order valence-electron chi connectivity index (χ1n) is 7.62. The first kappa shape index (κ1) is 15.2. The average molecular weight is 315 g/mol. The number of benzene rings is 1. The van der Waals surface area contributed by atoms with Crippen molar-refractivity contribution in [2.75, 3.05) is 11.9 Å². The van der Waals surface area contributed by atoms with Crippen LogP contribution >= 0.6 is 0 Å². The van der Waals surface area contributed by atoms with E-state index < -0.39 is 30.3 Å². The zero-order valence-corrected chi connectivity index (χ0v) is 12.5. The molecular weight excluding hydrogens is 298 g/mol. The fraction of sp³-hybridized carbons (Fsp3) is 0.375. The predicted octanol–water partition coefficient (Wildman–Crippen LogP) is 1.36. The second-order valence-corrected chi connectivity index (χ2v) is 5.70. The molecule has 1 aromatic rings. The van der Waals surface area contributed by atoms with Crippen LogP contribution in [0.15, 0.2) is 30.3 Å². The van der Waals surface area contributed by atoms with E-state index in [0.29, 0.717) is 5.69 Å². The number of para-hydroxylation sites is 1. The van der Waals surface area contributed by atoms with E-state index >= 15 is 0 Å². The average Bonchev–Trinajstić information content (AvgIpc) is 3.12. The summed E-state index contributed by atoms with van der Waals surface area (Å²) in [6, 6.07) is 7.81. The van der Waals surface area contributed by atoms with Gasteiger partial charge in [-0.2, -0.15) is 0 Å². The van der Waals surface area contributed by atoms with Crippen LogP contribution in [-0.2, 0) is 14.4 Å². The lowest BCUT2D eigenvalue weighted by molar-refractivity contribution is -0.144. The largest absolute Gasteiger partial charge is 0.334 e. The number of carbonyl (C=O) groups is 4. The fourth-order valence-electron chi connectivity index (χ4n) is 3.01. The van der Waals surface area contributed by atoms with Crippen LogP contribution in [0.5, 0.6) is 0 Å². The van der Waals surface area contributed by atoms with E-state index in [1.807, 2.05) is 0 Å². The molecule has 0 spiro atoms. The molecule has 1 aromatic carbocycles. The minimum absolute atomic E-state index is 0.221. The topological polar surface area (TPSA) is 86.8 Å². The minimum atomic E-state index is -0.926. The van der Waals surface area contributed by atoms with Gasteiger partial charge in [0.1, 0.15) is 6.54 Å². The molecule has 1 heterocycles. The van der Waals surface area contributed by atoms with Crippen molar-refractivity contribution < 1.29 is 19.2 Å². The number of amides is 5. The molecule has 0 radical (unpaired) electrons. The summed E-state index contributed by atoms with van der Waals surface area (Å²) in [5, 5.41) is 2.59. The molecule has 7 heteroatoms. The molecule has 0 aromatic heterocycles. The summed E-state index contributed by atoms with van der Waals surface area (Å²) in [6.07, 6.45) is 3.30. The quantitative estimate of drug-likeness (QED) is 0.671. The lowest BCUT2D eigenvalue weighted by atomic mass is 10.2. The van der Waals surface area contributed by atoms with Crippen molar-refractivity contribution in [3.8, 4) is 0 Å². The monoisotopic (exact) mass is 315 g/mol.